The zero-order valence-corrected chi connectivity index (χ0v) is 13.8. The number of likely N-dealkylation sites (tertiary alicyclic amines) is 1. The van der Waals surface area contributed by atoms with E-state index in [0.717, 1.165) is 18.7 Å². The molecule has 24 heavy (non-hydrogen) atoms. The first-order valence-corrected chi connectivity index (χ1v) is 8.27. The van der Waals surface area contributed by atoms with Crippen molar-refractivity contribution >= 4 is 6.03 Å². The first-order valence-electron chi connectivity index (χ1n) is 8.27. The van der Waals surface area contributed by atoms with Gasteiger partial charge in [-0.25, -0.2) is 4.79 Å². The number of carbonyl (C=O) groups is 1. The van der Waals surface area contributed by atoms with Crippen LogP contribution in [-0.2, 0) is 6.54 Å². The highest BCUT2D eigenvalue weighted by molar-refractivity contribution is 5.74. The molecule has 0 bridgehead atoms. The van der Waals surface area contributed by atoms with Crippen LogP contribution in [0.5, 0.6) is 5.75 Å². The topological polar surface area (TPSA) is 72.3 Å². The van der Waals surface area contributed by atoms with Crippen molar-refractivity contribution in [1.82, 2.24) is 25.0 Å². The second-order valence-corrected chi connectivity index (χ2v) is 6.18. The minimum atomic E-state index is -0.0281. The number of nitrogens with zero attached hydrogens (tertiary/aromatic N) is 4. The fourth-order valence-electron chi connectivity index (χ4n) is 2.78. The first-order chi connectivity index (χ1) is 11.7. The summed E-state index contributed by atoms with van der Waals surface area (Å²) in [6, 6.07) is 5.60. The van der Waals surface area contributed by atoms with Gasteiger partial charge < -0.3 is 15.0 Å². The first kappa shape index (κ1) is 16.3. The standard InChI is InChI=1S/C17H23N5O2/c1-14(12-22-8-3-7-20-22)10-19-17(23)21-9-5-16(13-21)24-15-4-2-6-18-11-15/h2-4,6-8,11,14,16H,5,9-10,12-13H2,1H3,(H,19,23)/t14-,16-/m0/s1. The van der Waals surface area contributed by atoms with E-state index < -0.39 is 0 Å². The molecule has 2 amide bonds. The van der Waals surface area contributed by atoms with Crippen LogP contribution >= 0.6 is 0 Å². The van der Waals surface area contributed by atoms with Gasteiger partial charge in [0, 0.05) is 44.6 Å². The molecule has 1 N–H and O–H groups in total. The van der Waals surface area contributed by atoms with Gasteiger partial charge in [0.05, 0.1) is 12.7 Å². The number of ether oxygens (including phenoxy) is 1. The smallest absolute Gasteiger partial charge is 0.317 e. The summed E-state index contributed by atoms with van der Waals surface area (Å²) >= 11 is 0. The van der Waals surface area contributed by atoms with Crippen molar-refractivity contribution in [3.05, 3.63) is 43.0 Å². The van der Waals surface area contributed by atoms with Crippen LogP contribution in [0.2, 0.25) is 0 Å². The summed E-state index contributed by atoms with van der Waals surface area (Å²) in [5, 5.41) is 7.18. The highest BCUT2D eigenvalue weighted by Gasteiger charge is 2.27. The Morgan fingerprint density at radius 1 is 1.46 bits per heavy atom. The predicted octanol–water partition coefficient (Wildman–Crippen LogP) is 1.78. The molecule has 0 radical (unpaired) electrons. The third-order valence-electron chi connectivity index (χ3n) is 4.03. The second kappa shape index (κ2) is 7.81. The monoisotopic (exact) mass is 329 g/mol. The van der Waals surface area contributed by atoms with E-state index >= 15 is 0 Å². The van der Waals surface area contributed by atoms with Gasteiger partial charge in [0.25, 0.3) is 0 Å². The molecule has 1 saturated heterocycles. The molecule has 0 spiro atoms. The summed E-state index contributed by atoms with van der Waals surface area (Å²) < 4.78 is 7.74. The van der Waals surface area contributed by atoms with Crippen LogP contribution < -0.4 is 10.1 Å². The summed E-state index contributed by atoms with van der Waals surface area (Å²) in [5.74, 6) is 1.07. The quantitative estimate of drug-likeness (QED) is 0.877. The number of carbonyl (C=O) groups excluding carboxylic acids is 1. The van der Waals surface area contributed by atoms with Crippen molar-refractivity contribution in [2.24, 2.45) is 5.92 Å². The summed E-state index contributed by atoms with van der Waals surface area (Å²) in [7, 11) is 0. The van der Waals surface area contributed by atoms with Crippen LogP contribution in [-0.4, -0.2) is 51.4 Å². The van der Waals surface area contributed by atoms with E-state index in [4.69, 9.17) is 4.74 Å². The Labute approximate surface area is 141 Å². The van der Waals surface area contributed by atoms with Gasteiger partial charge in [-0.1, -0.05) is 6.92 Å². The fourth-order valence-corrected chi connectivity index (χ4v) is 2.78. The van der Waals surface area contributed by atoms with Crippen molar-refractivity contribution < 1.29 is 9.53 Å². The Bertz CT molecular complexity index is 632. The Morgan fingerprint density at radius 2 is 2.38 bits per heavy atom. The molecule has 7 nitrogen and oxygen atoms in total. The summed E-state index contributed by atoms with van der Waals surface area (Å²) in [4.78, 5) is 18.1. The number of amides is 2. The molecule has 7 heteroatoms. The predicted molar refractivity (Wildman–Crippen MR) is 89.6 cm³/mol. The molecule has 3 rings (SSSR count). The maximum Gasteiger partial charge on any atom is 0.317 e. The number of pyridine rings is 1. The number of urea groups is 1. The van der Waals surface area contributed by atoms with Crippen molar-refractivity contribution in [2.75, 3.05) is 19.6 Å². The Hall–Kier alpha value is -2.57. The maximum atomic E-state index is 12.3. The maximum absolute atomic E-state index is 12.3. The lowest BCUT2D eigenvalue weighted by atomic mass is 10.2. The number of nitrogens with one attached hydrogen (secondary N) is 1. The van der Waals surface area contributed by atoms with Crippen LogP contribution in [0.15, 0.2) is 43.0 Å². The van der Waals surface area contributed by atoms with Gasteiger partial charge in [0.15, 0.2) is 0 Å². The van der Waals surface area contributed by atoms with Crippen LogP contribution in [0.4, 0.5) is 4.79 Å². The van der Waals surface area contributed by atoms with E-state index in [9.17, 15) is 4.79 Å². The average Bonchev–Trinajstić information content (AvgIpc) is 3.26. The molecule has 1 aliphatic heterocycles. The van der Waals surface area contributed by atoms with Crippen LogP contribution in [0.3, 0.4) is 0 Å². The van der Waals surface area contributed by atoms with Crippen molar-refractivity contribution in [3.63, 3.8) is 0 Å². The van der Waals surface area contributed by atoms with E-state index in [1.165, 1.54) is 0 Å². The lowest BCUT2D eigenvalue weighted by Crippen LogP contribution is -2.41. The molecule has 0 aliphatic carbocycles. The zero-order valence-electron chi connectivity index (χ0n) is 13.8. The van der Waals surface area contributed by atoms with Crippen molar-refractivity contribution in [1.29, 1.82) is 0 Å². The number of hydrogen-bond donors (Lipinski definition) is 1. The van der Waals surface area contributed by atoms with Gasteiger partial charge in [0.1, 0.15) is 11.9 Å². The van der Waals surface area contributed by atoms with Gasteiger partial charge >= 0.3 is 6.03 Å². The molecule has 2 aromatic rings. The number of rotatable bonds is 6. The van der Waals surface area contributed by atoms with Gasteiger partial charge in [-0.15, -0.1) is 0 Å². The molecule has 0 aromatic carbocycles. The van der Waals surface area contributed by atoms with E-state index in [1.54, 1.807) is 18.6 Å². The third kappa shape index (κ3) is 4.47. The van der Waals surface area contributed by atoms with Gasteiger partial charge in [-0.2, -0.15) is 5.10 Å². The molecular formula is C17H23N5O2. The highest BCUT2D eigenvalue weighted by Crippen LogP contribution is 2.17. The highest BCUT2D eigenvalue weighted by atomic mass is 16.5. The molecule has 2 aromatic heterocycles. The summed E-state index contributed by atoms with van der Waals surface area (Å²) in [6.07, 6.45) is 7.97. The molecule has 2 atom stereocenters. The molecule has 1 aliphatic rings. The second-order valence-electron chi connectivity index (χ2n) is 6.18. The Kier molecular flexibility index (Phi) is 5.30. The third-order valence-corrected chi connectivity index (χ3v) is 4.03. The Morgan fingerprint density at radius 3 is 3.12 bits per heavy atom. The normalized spacial score (nSPS) is 18.4. The zero-order chi connectivity index (χ0) is 16.8. The van der Waals surface area contributed by atoms with E-state index in [0.29, 0.717) is 25.6 Å². The number of aromatic nitrogens is 3. The van der Waals surface area contributed by atoms with Gasteiger partial charge in [-0.05, 0) is 24.1 Å². The van der Waals surface area contributed by atoms with E-state index in [-0.39, 0.29) is 12.1 Å². The van der Waals surface area contributed by atoms with Crippen LogP contribution in [0, 0.1) is 5.92 Å². The van der Waals surface area contributed by atoms with E-state index in [1.807, 2.05) is 34.0 Å². The summed E-state index contributed by atoms with van der Waals surface area (Å²) in [6.45, 7) is 4.84. The lowest BCUT2D eigenvalue weighted by Gasteiger charge is -2.19. The lowest BCUT2D eigenvalue weighted by molar-refractivity contribution is 0.185. The SMILES string of the molecule is C[C@@H](CNC(=O)N1CC[C@H](Oc2cccnc2)C1)Cn1cccn1. The Balaban J connectivity index is 1.39. The van der Waals surface area contributed by atoms with Crippen molar-refractivity contribution in [2.45, 2.75) is 26.0 Å². The fraction of sp³-hybridized carbons (Fsp3) is 0.471. The van der Waals surface area contributed by atoms with Gasteiger partial charge in [-0.3, -0.25) is 9.67 Å². The molecule has 128 valence electrons. The van der Waals surface area contributed by atoms with Crippen LogP contribution in [0.1, 0.15) is 13.3 Å². The molecule has 0 unspecified atom stereocenters. The molecule has 0 saturated carbocycles. The summed E-state index contributed by atoms with van der Waals surface area (Å²) in [5.41, 5.74) is 0. The van der Waals surface area contributed by atoms with Gasteiger partial charge in [0.2, 0.25) is 0 Å². The molecule has 1 fully saturated rings. The number of hydrogen-bond acceptors (Lipinski definition) is 4. The van der Waals surface area contributed by atoms with E-state index in [2.05, 4.69) is 22.3 Å². The largest absolute Gasteiger partial charge is 0.487 e. The molecular weight excluding hydrogens is 306 g/mol. The minimum Gasteiger partial charge on any atom is -0.487 e. The van der Waals surface area contributed by atoms with Crippen LogP contribution in [0.25, 0.3) is 0 Å². The average molecular weight is 329 g/mol. The van der Waals surface area contributed by atoms with Crippen molar-refractivity contribution in [3.8, 4) is 5.75 Å². The minimum absolute atomic E-state index is 0.0281. The molecule has 3 heterocycles.